The molecule has 2 aliphatic rings. The van der Waals surface area contributed by atoms with Crippen molar-refractivity contribution >= 4 is 0 Å². The fraction of sp³-hybridized carbons (Fsp3) is 0.125. The zero-order chi connectivity index (χ0) is 6.10. The Morgan fingerprint density at radius 3 is 3.33 bits per heavy atom. The third-order valence-electron chi connectivity index (χ3n) is 1.49. The zero-order valence-electron chi connectivity index (χ0n) is 5.00. The van der Waals surface area contributed by atoms with Gasteiger partial charge in [0, 0.05) is 12.0 Å². The van der Waals surface area contributed by atoms with Gasteiger partial charge in [0.15, 0.2) is 6.10 Å². The van der Waals surface area contributed by atoms with Crippen molar-refractivity contribution in [3.63, 3.8) is 0 Å². The van der Waals surface area contributed by atoms with E-state index in [0.29, 0.717) is 0 Å². The molecule has 0 aromatic heterocycles. The summed E-state index contributed by atoms with van der Waals surface area (Å²) in [5.74, 6) is 0. The molecule has 1 aliphatic carbocycles. The van der Waals surface area contributed by atoms with E-state index in [4.69, 9.17) is 4.74 Å². The molecule has 1 aliphatic heterocycles. The first-order valence-corrected chi connectivity index (χ1v) is 3.03. The lowest BCUT2D eigenvalue weighted by atomic mass is 10.0. The van der Waals surface area contributed by atoms with Crippen LogP contribution in [-0.4, -0.2) is 0 Å². The summed E-state index contributed by atoms with van der Waals surface area (Å²) in [5.41, 5.74) is 1.22. The van der Waals surface area contributed by atoms with Crippen LogP contribution in [0.2, 0.25) is 0 Å². The van der Waals surface area contributed by atoms with Crippen LogP contribution in [0, 0.1) is 6.10 Å². The molecule has 9 heavy (non-hydrogen) atoms. The monoisotopic (exact) mass is 119 g/mol. The molecule has 0 amide bonds. The maximum absolute atomic E-state index is 5.17. The molecule has 0 atom stereocenters. The SMILES string of the molecule is C1=CC[C]2OC=CC2=C1. The van der Waals surface area contributed by atoms with Gasteiger partial charge >= 0.3 is 0 Å². The fourth-order valence-electron chi connectivity index (χ4n) is 1.01. The lowest BCUT2D eigenvalue weighted by Crippen LogP contribution is -1.97. The molecule has 0 bridgehead atoms. The van der Waals surface area contributed by atoms with Crippen molar-refractivity contribution < 1.29 is 4.74 Å². The Balaban J connectivity index is 2.31. The van der Waals surface area contributed by atoms with Gasteiger partial charge in [0.1, 0.15) is 0 Å². The molecule has 1 heterocycles. The minimum Gasteiger partial charge on any atom is -0.485 e. The van der Waals surface area contributed by atoms with Gasteiger partial charge in [-0.1, -0.05) is 18.2 Å². The van der Waals surface area contributed by atoms with Gasteiger partial charge in [-0.25, -0.2) is 0 Å². The van der Waals surface area contributed by atoms with E-state index in [1.54, 1.807) is 6.26 Å². The van der Waals surface area contributed by atoms with E-state index in [-0.39, 0.29) is 0 Å². The Hall–Kier alpha value is -0.980. The molecule has 45 valence electrons. The highest BCUT2D eigenvalue weighted by atomic mass is 16.5. The highest BCUT2D eigenvalue weighted by molar-refractivity contribution is 5.41. The molecule has 0 saturated heterocycles. The van der Waals surface area contributed by atoms with E-state index >= 15 is 0 Å². The summed E-state index contributed by atoms with van der Waals surface area (Å²) in [6, 6.07) is 0. The number of allylic oxidation sites excluding steroid dienone is 2. The number of fused-ring (bicyclic) bond motifs is 1. The van der Waals surface area contributed by atoms with Crippen molar-refractivity contribution in [1.29, 1.82) is 0 Å². The first kappa shape index (κ1) is 4.86. The van der Waals surface area contributed by atoms with E-state index < -0.39 is 0 Å². The summed E-state index contributed by atoms with van der Waals surface area (Å²) < 4.78 is 5.17. The van der Waals surface area contributed by atoms with Crippen LogP contribution in [0.25, 0.3) is 0 Å². The first-order chi connectivity index (χ1) is 4.47. The quantitative estimate of drug-likeness (QED) is 0.473. The van der Waals surface area contributed by atoms with Crippen molar-refractivity contribution in [3.8, 4) is 0 Å². The number of hydrogen-bond donors (Lipinski definition) is 0. The molecule has 1 nitrogen and oxygen atoms in total. The maximum Gasteiger partial charge on any atom is 0.180 e. The smallest absolute Gasteiger partial charge is 0.180 e. The Kier molecular flexibility index (Phi) is 0.950. The van der Waals surface area contributed by atoms with Gasteiger partial charge in [-0.2, -0.15) is 0 Å². The number of hydrogen-bond acceptors (Lipinski definition) is 1. The number of rotatable bonds is 0. The van der Waals surface area contributed by atoms with Gasteiger partial charge in [0.25, 0.3) is 0 Å². The summed E-state index contributed by atoms with van der Waals surface area (Å²) in [6.07, 6.45) is 11.9. The van der Waals surface area contributed by atoms with Gasteiger partial charge in [-0.15, -0.1) is 0 Å². The van der Waals surface area contributed by atoms with Crippen molar-refractivity contribution in [3.05, 3.63) is 42.2 Å². The minimum atomic E-state index is 0.943. The molecule has 2 rings (SSSR count). The highest BCUT2D eigenvalue weighted by Gasteiger charge is 2.18. The van der Waals surface area contributed by atoms with E-state index in [1.807, 2.05) is 6.08 Å². The molecule has 0 spiro atoms. The average Bonchev–Trinajstić information content (AvgIpc) is 2.33. The standard InChI is InChI=1S/C8H7O/c1-2-4-8-7(3-1)5-6-9-8/h1-3,5-6H,4H2. The van der Waals surface area contributed by atoms with Crippen LogP contribution in [-0.2, 0) is 4.74 Å². The van der Waals surface area contributed by atoms with Gasteiger partial charge in [-0.05, 0) is 6.08 Å². The lowest BCUT2D eigenvalue weighted by Gasteiger charge is -2.09. The van der Waals surface area contributed by atoms with E-state index in [1.165, 1.54) is 5.57 Å². The first-order valence-electron chi connectivity index (χ1n) is 3.03. The van der Waals surface area contributed by atoms with Crippen molar-refractivity contribution in [2.24, 2.45) is 0 Å². The average molecular weight is 119 g/mol. The van der Waals surface area contributed by atoms with Crippen LogP contribution < -0.4 is 0 Å². The van der Waals surface area contributed by atoms with Gasteiger partial charge in [0.2, 0.25) is 0 Å². The summed E-state index contributed by atoms with van der Waals surface area (Å²) >= 11 is 0. The summed E-state index contributed by atoms with van der Waals surface area (Å²) in [4.78, 5) is 0. The van der Waals surface area contributed by atoms with Gasteiger partial charge < -0.3 is 4.74 Å². The minimum absolute atomic E-state index is 0.943. The topological polar surface area (TPSA) is 9.23 Å². The molecule has 0 aromatic carbocycles. The van der Waals surface area contributed by atoms with E-state index in [2.05, 4.69) is 18.2 Å². The summed E-state index contributed by atoms with van der Waals surface area (Å²) in [6.45, 7) is 0. The van der Waals surface area contributed by atoms with Crippen LogP contribution in [0.3, 0.4) is 0 Å². The predicted octanol–water partition coefficient (Wildman–Crippen LogP) is 1.95. The second-order valence-corrected chi connectivity index (χ2v) is 2.10. The molecule has 1 heteroatoms. The van der Waals surface area contributed by atoms with Crippen molar-refractivity contribution in [2.75, 3.05) is 0 Å². The van der Waals surface area contributed by atoms with Gasteiger partial charge in [0.05, 0.1) is 6.26 Å². The summed E-state index contributed by atoms with van der Waals surface area (Å²) in [7, 11) is 0. The van der Waals surface area contributed by atoms with Crippen molar-refractivity contribution in [1.82, 2.24) is 0 Å². The summed E-state index contributed by atoms with van der Waals surface area (Å²) in [5, 5.41) is 0. The maximum atomic E-state index is 5.17. The van der Waals surface area contributed by atoms with Crippen LogP contribution in [0.5, 0.6) is 0 Å². The lowest BCUT2D eigenvalue weighted by molar-refractivity contribution is 0.294. The van der Waals surface area contributed by atoms with Crippen LogP contribution in [0.1, 0.15) is 6.42 Å². The molecule has 0 aromatic rings. The Morgan fingerprint density at radius 1 is 1.44 bits per heavy atom. The predicted molar refractivity (Wildman–Crippen MR) is 35.3 cm³/mol. The van der Waals surface area contributed by atoms with E-state index in [0.717, 1.165) is 12.5 Å². The third kappa shape index (κ3) is 0.689. The molecular weight excluding hydrogens is 112 g/mol. The molecule has 0 fully saturated rings. The molecular formula is C8H7O. The van der Waals surface area contributed by atoms with Crippen molar-refractivity contribution in [2.45, 2.75) is 6.42 Å². The third-order valence-corrected chi connectivity index (χ3v) is 1.49. The Morgan fingerprint density at radius 2 is 2.44 bits per heavy atom. The second-order valence-electron chi connectivity index (χ2n) is 2.10. The normalized spacial score (nSPS) is 23.3. The largest absolute Gasteiger partial charge is 0.485 e. The van der Waals surface area contributed by atoms with Crippen LogP contribution in [0.15, 0.2) is 36.1 Å². The van der Waals surface area contributed by atoms with E-state index in [9.17, 15) is 0 Å². The molecule has 0 saturated carbocycles. The molecule has 0 N–H and O–H groups in total. The molecule has 1 radical (unpaired) electrons. The zero-order valence-corrected chi connectivity index (χ0v) is 5.00. The van der Waals surface area contributed by atoms with Crippen LogP contribution >= 0.6 is 0 Å². The second kappa shape index (κ2) is 1.76. The number of ether oxygens (including phenoxy) is 1. The fourth-order valence-corrected chi connectivity index (χ4v) is 1.01. The highest BCUT2D eigenvalue weighted by Crippen LogP contribution is 2.29. The Bertz CT molecular complexity index is 199. The molecule has 0 unspecified atom stereocenters. The van der Waals surface area contributed by atoms with Crippen LogP contribution in [0.4, 0.5) is 0 Å². The Labute approximate surface area is 54.3 Å². The van der Waals surface area contributed by atoms with Gasteiger partial charge in [-0.3, -0.25) is 0 Å².